The van der Waals surface area contributed by atoms with E-state index in [0.717, 1.165) is 38.1 Å². The molecule has 0 aliphatic carbocycles. The molecule has 0 atom stereocenters. The lowest BCUT2D eigenvalue weighted by Crippen LogP contribution is -2.41. The van der Waals surface area contributed by atoms with Crippen LogP contribution in [0.2, 0.25) is 0 Å². The molecular weight excluding hydrogens is 378 g/mol. The Morgan fingerprint density at radius 1 is 1.00 bits per heavy atom. The van der Waals surface area contributed by atoms with Crippen molar-refractivity contribution in [1.82, 2.24) is 4.90 Å². The van der Waals surface area contributed by atoms with Crippen molar-refractivity contribution in [3.05, 3.63) is 35.4 Å². The fraction of sp³-hybridized carbons (Fsp3) is 0.467. The Morgan fingerprint density at radius 2 is 1.56 bits per heavy atom. The first kappa shape index (κ1) is 23.3. The van der Waals surface area contributed by atoms with Gasteiger partial charge in [-0.25, -0.2) is 4.99 Å². The maximum Gasteiger partial charge on any atom is 0.416 e. The SMILES string of the molecule is Cl.Cl.NC(=NCc1ccc(C(F)(F)F)cc1)/N=C(/N)N1CCCCC1. The standard InChI is InChI=1S/C15H20F3N5.2ClH/c16-15(17,18)12-6-4-11(5-7-12)10-21-13(19)22-14(20)23-8-2-1-3-9-23;;/h4-7H,1-3,8-10H2,(H4,19,20,21,22);2*1H. The van der Waals surface area contributed by atoms with Gasteiger partial charge in [-0.1, -0.05) is 12.1 Å². The highest BCUT2D eigenvalue weighted by Crippen LogP contribution is 2.29. The van der Waals surface area contributed by atoms with Crippen LogP contribution in [-0.4, -0.2) is 29.9 Å². The van der Waals surface area contributed by atoms with E-state index in [2.05, 4.69) is 9.98 Å². The number of halogens is 5. The maximum absolute atomic E-state index is 12.5. The van der Waals surface area contributed by atoms with Crippen molar-refractivity contribution in [1.29, 1.82) is 0 Å². The zero-order valence-electron chi connectivity index (χ0n) is 13.5. The Labute approximate surface area is 157 Å². The van der Waals surface area contributed by atoms with Crippen LogP contribution in [0.4, 0.5) is 13.2 Å². The van der Waals surface area contributed by atoms with E-state index in [1.165, 1.54) is 18.6 Å². The number of nitrogens with zero attached hydrogens (tertiary/aromatic N) is 3. The second-order valence-corrected chi connectivity index (χ2v) is 5.39. The summed E-state index contributed by atoms with van der Waals surface area (Å²) in [4.78, 5) is 10.0. The molecule has 1 fully saturated rings. The lowest BCUT2D eigenvalue weighted by Gasteiger charge is -2.27. The van der Waals surface area contributed by atoms with Gasteiger partial charge in [0.2, 0.25) is 5.96 Å². The van der Waals surface area contributed by atoms with Crippen molar-refractivity contribution >= 4 is 36.7 Å². The minimum Gasteiger partial charge on any atom is -0.369 e. The maximum atomic E-state index is 12.5. The third-order valence-corrected chi connectivity index (χ3v) is 3.61. The second kappa shape index (κ2) is 10.4. The number of benzene rings is 1. The number of alkyl halides is 3. The quantitative estimate of drug-likeness (QED) is 0.591. The first-order valence-corrected chi connectivity index (χ1v) is 7.41. The van der Waals surface area contributed by atoms with Crippen molar-refractivity contribution in [2.75, 3.05) is 13.1 Å². The average Bonchev–Trinajstić information content (AvgIpc) is 2.53. The number of hydrogen-bond acceptors (Lipinski definition) is 1. The van der Waals surface area contributed by atoms with Crippen LogP contribution in [0.3, 0.4) is 0 Å². The van der Waals surface area contributed by atoms with Crippen LogP contribution < -0.4 is 11.5 Å². The number of rotatable bonds is 2. The predicted molar refractivity (Wildman–Crippen MR) is 98.3 cm³/mol. The molecule has 142 valence electrons. The number of hydrogen-bond donors (Lipinski definition) is 2. The number of likely N-dealkylation sites (tertiary alicyclic amines) is 1. The van der Waals surface area contributed by atoms with E-state index in [0.29, 0.717) is 11.5 Å². The molecule has 1 aliphatic rings. The molecule has 0 unspecified atom stereocenters. The van der Waals surface area contributed by atoms with Crippen LogP contribution in [0, 0.1) is 0 Å². The van der Waals surface area contributed by atoms with Crippen LogP contribution in [0.1, 0.15) is 30.4 Å². The molecule has 0 bridgehead atoms. The highest BCUT2D eigenvalue weighted by atomic mass is 35.5. The van der Waals surface area contributed by atoms with E-state index in [-0.39, 0.29) is 37.3 Å². The first-order chi connectivity index (χ1) is 10.9. The smallest absolute Gasteiger partial charge is 0.369 e. The zero-order chi connectivity index (χ0) is 16.9. The molecule has 0 radical (unpaired) electrons. The third-order valence-electron chi connectivity index (χ3n) is 3.61. The van der Waals surface area contributed by atoms with E-state index >= 15 is 0 Å². The molecule has 1 aliphatic heterocycles. The summed E-state index contributed by atoms with van der Waals surface area (Å²) in [6.07, 6.45) is -1.02. The molecule has 1 saturated heterocycles. The Balaban J connectivity index is 0.00000288. The van der Waals surface area contributed by atoms with Crippen molar-refractivity contribution in [3.8, 4) is 0 Å². The molecule has 1 heterocycles. The summed E-state index contributed by atoms with van der Waals surface area (Å²) in [5, 5.41) is 0. The molecule has 5 nitrogen and oxygen atoms in total. The molecule has 2 rings (SSSR count). The Hall–Kier alpha value is -1.67. The van der Waals surface area contributed by atoms with Gasteiger partial charge < -0.3 is 16.4 Å². The van der Waals surface area contributed by atoms with Gasteiger partial charge in [0.1, 0.15) is 0 Å². The predicted octanol–water partition coefficient (Wildman–Crippen LogP) is 3.16. The van der Waals surface area contributed by atoms with Gasteiger partial charge in [-0.2, -0.15) is 18.2 Å². The number of guanidine groups is 2. The molecule has 1 aromatic carbocycles. The van der Waals surface area contributed by atoms with Crippen LogP contribution in [0.5, 0.6) is 0 Å². The number of nitrogens with two attached hydrogens (primary N) is 2. The fourth-order valence-corrected chi connectivity index (χ4v) is 2.32. The lowest BCUT2D eigenvalue weighted by atomic mass is 10.1. The molecule has 0 saturated carbocycles. The van der Waals surface area contributed by atoms with Crippen molar-refractivity contribution in [3.63, 3.8) is 0 Å². The lowest BCUT2D eigenvalue weighted by molar-refractivity contribution is -0.137. The van der Waals surface area contributed by atoms with Gasteiger partial charge in [-0.05, 0) is 37.0 Å². The third kappa shape index (κ3) is 7.39. The van der Waals surface area contributed by atoms with Gasteiger partial charge in [0.05, 0.1) is 12.1 Å². The fourth-order valence-electron chi connectivity index (χ4n) is 2.32. The molecule has 0 spiro atoms. The summed E-state index contributed by atoms with van der Waals surface area (Å²) in [6, 6.07) is 4.79. The minimum atomic E-state index is -4.34. The highest BCUT2D eigenvalue weighted by Gasteiger charge is 2.29. The van der Waals surface area contributed by atoms with Gasteiger partial charge in [0.25, 0.3) is 0 Å². The molecule has 0 aromatic heterocycles. The van der Waals surface area contributed by atoms with E-state index in [9.17, 15) is 13.2 Å². The van der Waals surface area contributed by atoms with Gasteiger partial charge in [-0.3, -0.25) is 0 Å². The van der Waals surface area contributed by atoms with E-state index < -0.39 is 11.7 Å². The molecule has 25 heavy (non-hydrogen) atoms. The molecule has 1 aromatic rings. The second-order valence-electron chi connectivity index (χ2n) is 5.39. The number of piperidine rings is 1. The van der Waals surface area contributed by atoms with E-state index in [1.54, 1.807) is 0 Å². The normalized spacial score (nSPS) is 16.0. The van der Waals surface area contributed by atoms with E-state index in [1.807, 2.05) is 4.90 Å². The van der Waals surface area contributed by atoms with Crippen LogP contribution in [0.25, 0.3) is 0 Å². The molecular formula is C15H22Cl2F3N5. The van der Waals surface area contributed by atoms with Gasteiger partial charge in [0, 0.05) is 13.1 Å². The van der Waals surface area contributed by atoms with Crippen LogP contribution in [0.15, 0.2) is 34.3 Å². The van der Waals surface area contributed by atoms with Gasteiger partial charge in [0.15, 0.2) is 5.96 Å². The zero-order valence-corrected chi connectivity index (χ0v) is 15.1. The largest absolute Gasteiger partial charge is 0.416 e. The topological polar surface area (TPSA) is 80.0 Å². The summed E-state index contributed by atoms with van der Waals surface area (Å²) in [5.41, 5.74) is 11.5. The monoisotopic (exact) mass is 399 g/mol. The van der Waals surface area contributed by atoms with Gasteiger partial charge >= 0.3 is 6.18 Å². The Kier molecular flexibility index (Phi) is 9.66. The molecule has 10 heteroatoms. The Bertz CT molecular complexity index is 582. The summed E-state index contributed by atoms with van der Waals surface area (Å²) >= 11 is 0. The average molecular weight is 400 g/mol. The summed E-state index contributed by atoms with van der Waals surface area (Å²) in [7, 11) is 0. The summed E-state index contributed by atoms with van der Waals surface area (Å²) in [5.74, 6) is 0.353. The van der Waals surface area contributed by atoms with E-state index in [4.69, 9.17) is 11.5 Å². The van der Waals surface area contributed by atoms with Crippen molar-refractivity contribution < 1.29 is 13.2 Å². The van der Waals surface area contributed by atoms with Crippen molar-refractivity contribution in [2.45, 2.75) is 32.0 Å². The Morgan fingerprint density at radius 3 is 2.08 bits per heavy atom. The summed E-state index contributed by atoms with van der Waals surface area (Å²) < 4.78 is 37.4. The molecule has 0 amide bonds. The summed E-state index contributed by atoms with van der Waals surface area (Å²) in [6.45, 7) is 1.85. The van der Waals surface area contributed by atoms with Crippen LogP contribution >= 0.6 is 24.8 Å². The van der Waals surface area contributed by atoms with Crippen molar-refractivity contribution in [2.24, 2.45) is 21.5 Å². The minimum absolute atomic E-state index is 0. The first-order valence-electron chi connectivity index (χ1n) is 7.41. The number of aliphatic imine (C=N–C) groups is 2. The highest BCUT2D eigenvalue weighted by molar-refractivity contribution is 5.93. The molecule has 4 N–H and O–H groups in total. The van der Waals surface area contributed by atoms with Crippen LogP contribution in [-0.2, 0) is 12.7 Å². The van der Waals surface area contributed by atoms with Gasteiger partial charge in [-0.15, -0.1) is 24.8 Å².